The lowest BCUT2D eigenvalue weighted by atomic mass is 10.1. The topological polar surface area (TPSA) is 54.9 Å². The third kappa shape index (κ3) is 2.53. The van der Waals surface area contributed by atoms with Crippen molar-refractivity contribution in [3.63, 3.8) is 0 Å². The lowest BCUT2D eigenvalue weighted by Crippen LogP contribution is -2.22. The van der Waals surface area contributed by atoms with E-state index in [9.17, 15) is 4.79 Å². The van der Waals surface area contributed by atoms with Crippen molar-refractivity contribution in [1.82, 2.24) is 15.3 Å². The standard InChI is InChI=1S/C15H13N3OS/c1-10-14(20-9-18-10)15(19)17-8-11-6-12-4-2-3-5-13(12)16-7-11/h2-7,9H,8H2,1H3,(H,17,19). The summed E-state index contributed by atoms with van der Waals surface area (Å²) in [4.78, 5) is 21.1. The summed E-state index contributed by atoms with van der Waals surface area (Å²) >= 11 is 1.36. The minimum absolute atomic E-state index is 0.0850. The van der Waals surface area contributed by atoms with Gasteiger partial charge in [0.1, 0.15) is 4.88 Å². The Morgan fingerprint density at radius 3 is 2.95 bits per heavy atom. The summed E-state index contributed by atoms with van der Waals surface area (Å²) in [6, 6.07) is 9.97. The maximum atomic E-state index is 12.0. The molecule has 2 heterocycles. The quantitative estimate of drug-likeness (QED) is 0.804. The van der Waals surface area contributed by atoms with Gasteiger partial charge in [-0.05, 0) is 24.6 Å². The highest BCUT2D eigenvalue weighted by molar-refractivity contribution is 7.11. The molecule has 0 saturated carbocycles. The number of nitrogens with zero attached hydrogens (tertiary/aromatic N) is 2. The molecule has 0 fully saturated rings. The van der Waals surface area contributed by atoms with Gasteiger partial charge in [0.2, 0.25) is 0 Å². The molecule has 100 valence electrons. The van der Waals surface area contributed by atoms with Gasteiger partial charge in [-0.2, -0.15) is 0 Å². The third-order valence-electron chi connectivity index (χ3n) is 3.05. The number of rotatable bonds is 3. The summed E-state index contributed by atoms with van der Waals surface area (Å²) in [5.41, 5.74) is 4.39. The van der Waals surface area contributed by atoms with Gasteiger partial charge >= 0.3 is 0 Å². The Kier molecular flexibility index (Phi) is 3.43. The number of nitrogens with one attached hydrogen (secondary N) is 1. The van der Waals surface area contributed by atoms with Crippen molar-refractivity contribution in [3.8, 4) is 0 Å². The number of hydrogen-bond acceptors (Lipinski definition) is 4. The average molecular weight is 283 g/mol. The van der Waals surface area contributed by atoms with Crippen molar-refractivity contribution < 1.29 is 4.79 Å². The second kappa shape index (κ2) is 5.38. The monoisotopic (exact) mass is 283 g/mol. The Morgan fingerprint density at radius 2 is 2.15 bits per heavy atom. The molecular formula is C15H13N3OS. The molecule has 0 saturated heterocycles. The van der Waals surface area contributed by atoms with Crippen LogP contribution in [-0.2, 0) is 6.54 Å². The molecule has 4 nitrogen and oxygen atoms in total. The van der Waals surface area contributed by atoms with Gasteiger partial charge in [0, 0.05) is 18.1 Å². The number of thiazole rings is 1. The van der Waals surface area contributed by atoms with Crippen molar-refractivity contribution in [2.75, 3.05) is 0 Å². The van der Waals surface area contributed by atoms with Gasteiger partial charge in [-0.1, -0.05) is 18.2 Å². The minimum Gasteiger partial charge on any atom is -0.347 e. The van der Waals surface area contributed by atoms with E-state index in [1.807, 2.05) is 37.3 Å². The van der Waals surface area contributed by atoms with Gasteiger partial charge in [0.25, 0.3) is 5.91 Å². The normalized spacial score (nSPS) is 10.7. The lowest BCUT2D eigenvalue weighted by Gasteiger charge is -2.05. The van der Waals surface area contributed by atoms with E-state index in [-0.39, 0.29) is 5.91 Å². The molecule has 0 atom stereocenters. The number of carbonyl (C=O) groups excluding carboxylic acids is 1. The molecule has 1 amide bonds. The highest BCUT2D eigenvalue weighted by Crippen LogP contribution is 2.14. The molecule has 0 bridgehead atoms. The Bertz CT molecular complexity index is 766. The number of amides is 1. The molecule has 5 heteroatoms. The third-order valence-corrected chi connectivity index (χ3v) is 3.98. The second-order valence-corrected chi connectivity index (χ2v) is 5.34. The van der Waals surface area contributed by atoms with Gasteiger partial charge < -0.3 is 5.32 Å². The van der Waals surface area contributed by atoms with Crippen molar-refractivity contribution in [3.05, 3.63) is 58.2 Å². The van der Waals surface area contributed by atoms with Crippen molar-refractivity contribution in [2.45, 2.75) is 13.5 Å². The fourth-order valence-corrected chi connectivity index (χ4v) is 2.71. The summed E-state index contributed by atoms with van der Waals surface area (Å²) in [6.45, 7) is 2.30. The minimum atomic E-state index is -0.0850. The zero-order valence-electron chi connectivity index (χ0n) is 11.0. The molecule has 0 unspecified atom stereocenters. The van der Waals surface area contributed by atoms with E-state index in [0.717, 1.165) is 22.2 Å². The molecule has 0 aliphatic rings. The van der Waals surface area contributed by atoms with Gasteiger partial charge in [-0.3, -0.25) is 9.78 Å². The van der Waals surface area contributed by atoms with Crippen LogP contribution >= 0.6 is 11.3 Å². The summed E-state index contributed by atoms with van der Waals surface area (Å²) < 4.78 is 0. The number of aromatic nitrogens is 2. The van der Waals surface area contributed by atoms with Crippen molar-refractivity contribution in [2.24, 2.45) is 0 Å². The van der Waals surface area contributed by atoms with Gasteiger partial charge in [0.05, 0.1) is 16.7 Å². The highest BCUT2D eigenvalue weighted by Gasteiger charge is 2.11. The van der Waals surface area contributed by atoms with E-state index in [1.54, 1.807) is 11.7 Å². The van der Waals surface area contributed by atoms with E-state index in [0.29, 0.717) is 11.4 Å². The largest absolute Gasteiger partial charge is 0.347 e. The van der Waals surface area contributed by atoms with E-state index < -0.39 is 0 Å². The highest BCUT2D eigenvalue weighted by atomic mass is 32.1. The first-order valence-corrected chi connectivity index (χ1v) is 7.14. The first-order chi connectivity index (χ1) is 9.74. The summed E-state index contributed by atoms with van der Waals surface area (Å²) in [6.07, 6.45) is 1.79. The summed E-state index contributed by atoms with van der Waals surface area (Å²) in [5, 5.41) is 3.98. The number of hydrogen-bond donors (Lipinski definition) is 1. The number of benzene rings is 1. The Morgan fingerprint density at radius 1 is 1.30 bits per heavy atom. The predicted molar refractivity (Wildman–Crippen MR) is 79.8 cm³/mol. The number of pyridine rings is 1. The second-order valence-electron chi connectivity index (χ2n) is 4.49. The molecule has 3 rings (SSSR count). The van der Waals surface area contributed by atoms with E-state index in [2.05, 4.69) is 15.3 Å². The van der Waals surface area contributed by atoms with Crippen LogP contribution in [-0.4, -0.2) is 15.9 Å². The fourth-order valence-electron chi connectivity index (χ4n) is 2.00. The van der Waals surface area contributed by atoms with Gasteiger partial charge in [-0.15, -0.1) is 11.3 Å². The number of fused-ring (bicyclic) bond motifs is 1. The van der Waals surface area contributed by atoms with Crippen molar-refractivity contribution >= 4 is 28.1 Å². The van der Waals surface area contributed by atoms with E-state index in [4.69, 9.17) is 0 Å². The Balaban J connectivity index is 1.74. The zero-order chi connectivity index (χ0) is 13.9. The number of para-hydroxylation sites is 1. The molecule has 20 heavy (non-hydrogen) atoms. The van der Waals surface area contributed by atoms with E-state index >= 15 is 0 Å². The fraction of sp³-hybridized carbons (Fsp3) is 0.133. The number of aryl methyl sites for hydroxylation is 1. The maximum absolute atomic E-state index is 12.0. The average Bonchev–Trinajstić information content (AvgIpc) is 2.91. The van der Waals surface area contributed by atoms with Crippen LogP contribution in [0, 0.1) is 6.92 Å². The van der Waals surface area contributed by atoms with Gasteiger partial charge in [0.15, 0.2) is 0 Å². The molecule has 0 aliphatic heterocycles. The summed E-state index contributed by atoms with van der Waals surface area (Å²) in [5.74, 6) is -0.0850. The molecule has 0 aliphatic carbocycles. The van der Waals surface area contributed by atoms with E-state index in [1.165, 1.54) is 11.3 Å². The first kappa shape index (κ1) is 12.7. The van der Waals surface area contributed by atoms with Crippen LogP contribution < -0.4 is 5.32 Å². The summed E-state index contributed by atoms with van der Waals surface area (Å²) in [7, 11) is 0. The van der Waals surface area contributed by atoms with Crippen LogP contribution in [0.1, 0.15) is 20.9 Å². The molecule has 0 spiro atoms. The van der Waals surface area contributed by atoms with Crippen LogP contribution in [0.2, 0.25) is 0 Å². The molecule has 1 N–H and O–H groups in total. The van der Waals surface area contributed by atoms with Crippen LogP contribution in [0.3, 0.4) is 0 Å². The molecule has 0 radical (unpaired) electrons. The Labute approximate surface area is 120 Å². The van der Waals surface area contributed by atoms with Crippen LogP contribution in [0.15, 0.2) is 42.0 Å². The number of carbonyl (C=O) groups is 1. The molecule has 2 aromatic heterocycles. The van der Waals surface area contributed by atoms with Gasteiger partial charge in [-0.25, -0.2) is 4.98 Å². The first-order valence-electron chi connectivity index (χ1n) is 6.26. The molecule has 1 aromatic carbocycles. The van der Waals surface area contributed by atoms with Crippen molar-refractivity contribution in [1.29, 1.82) is 0 Å². The zero-order valence-corrected chi connectivity index (χ0v) is 11.8. The smallest absolute Gasteiger partial charge is 0.263 e. The maximum Gasteiger partial charge on any atom is 0.263 e. The molecule has 3 aromatic rings. The van der Waals surface area contributed by atoms with Crippen LogP contribution in [0.4, 0.5) is 0 Å². The SMILES string of the molecule is Cc1ncsc1C(=O)NCc1cnc2ccccc2c1. The predicted octanol–water partition coefficient (Wildman–Crippen LogP) is 2.93. The lowest BCUT2D eigenvalue weighted by molar-refractivity contribution is 0.0954. The van der Waals surface area contributed by atoms with Crippen LogP contribution in [0.5, 0.6) is 0 Å². The molecular weight excluding hydrogens is 270 g/mol. The van der Waals surface area contributed by atoms with Crippen LogP contribution in [0.25, 0.3) is 10.9 Å². The Hall–Kier alpha value is -2.27.